The van der Waals surface area contributed by atoms with Gasteiger partial charge in [-0.15, -0.1) is 0 Å². The lowest BCUT2D eigenvalue weighted by atomic mass is 9.75. The van der Waals surface area contributed by atoms with Crippen molar-refractivity contribution in [1.82, 2.24) is 9.80 Å². The van der Waals surface area contributed by atoms with Crippen LogP contribution in [0.5, 0.6) is 0 Å². The number of likely N-dealkylation sites (N-methyl/N-ethyl adjacent to an activating group) is 1. The number of rotatable bonds is 3. The minimum absolute atomic E-state index is 0.00962. The first-order valence-corrected chi connectivity index (χ1v) is 8.21. The van der Waals surface area contributed by atoms with E-state index in [0.717, 1.165) is 39.1 Å². The first kappa shape index (κ1) is 16.4. The molecule has 0 unspecified atom stereocenters. The summed E-state index contributed by atoms with van der Waals surface area (Å²) in [5.41, 5.74) is 1.39. The molecule has 2 aliphatic heterocycles. The average molecular weight is 320 g/mol. The van der Waals surface area contributed by atoms with E-state index >= 15 is 0 Å². The van der Waals surface area contributed by atoms with E-state index in [-0.39, 0.29) is 17.3 Å². The van der Waals surface area contributed by atoms with Gasteiger partial charge in [-0.3, -0.25) is 9.69 Å². The quantitative estimate of drug-likeness (QED) is 0.857. The zero-order valence-electron chi connectivity index (χ0n) is 14.1. The molecular weight excluding hydrogens is 295 g/mol. The molecule has 0 saturated carbocycles. The largest absolute Gasteiger partial charge is 0.384 e. The molecule has 0 N–H and O–H groups in total. The molecular formula is C18H25FN2O2. The fourth-order valence-electron chi connectivity index (χ4n) is 4.00. The van der Waals surface area contributed by atoms with Crippen LogP contribution in [0.15, 0.2) is 18.2 Å². The molecule has 3 rings (SSSR count). The Hall–Kier alpha value is -1.46. The van der Waals surface area contributed by atoms with Crippen LogP contribution in [0.25, 0.3) is 0 Å². The zero-order valence-corrected chi connectivity index (χ0v) is 14.1. The number of piperidine rings is 1. The minimum atomic E-state index is -0.298. The van der Waals surface area contributed by atoms with Gasteiger partial charge in [0, 0.05) is 32.4 Å². The number of hydrogen-bond acceptors (Lipinski definition) is 3. The third kappa shape index (κ3) is 3.00. The van der Waals surface area contributed by atoms with Crippen molar-refractivity contribution in [3.05, 3.63) is 35.1 Å². The fraction of sp³-hybridized carbons (Fsp3) is 0.611. The molecule has 126 valence electrons. The lowest BCUT2D eigenvalue weighted by Gasteiger charge is -2.58. The van der Waals surface area contributed by atoms with Gasteiger partial charge in [0.2, 0.25) is 0 Å². The Kier molecular flexibility index (Phi) is 4.43. The van der Waals surface area contributed by atoms with Gasteiger partial charge in [0.25, 0.3) is 5.91 Å². The molecule has 0 aliphatic carbocycles. The van der Waals surface area contributed by atoms with Crippen molar-refractivity contribution >= 4 is 5.91 Å². The van der Waals surface area contributed by atoms with Crippen LogP contribution < -0.4 is 0 Å². The second kappa shape index (κ2) is 6.21. The Balaban J connectivity index is 1.68. The van der Waals surface area contributed by atoms with Crippen molar-refractivity contribution in [2.24, 2.45) is 5.92 Å². The van der Waals surface area contributed by atoms with E-state index in [2.05, 4.69) is 11.9 Å². The van der Waals surface area contributed by atoms with E-state index in [1.807, 2.05) is 4.90 Å². The molecule has 23 heavy (non-hydrogen) atoms. The monoisotopic (exact) mass is 320 g/mol. The molecule has 0 radical (unpaired) electrons. The molecule has 1 atom stereocenters. The normalized spacial score (nSPS) is 23.8. The standard InChI is InChI=1S/C18H25FN2O2/c1-13-8-15(19)4-5-16(13)17(22)21-11-18(12-21)9-14(10-23-3)6-7-20(18)2/h4-5,8,14H,6-7,9-12H2,1-3H3/t14-/m0/s1. The predicted molar refractivity (Wildman–Crippen MR) is 87.0 cm³/mol. The van der Waals surface area contributed by atoms with Crippen LogP contribution in [0.4, 0.5) is 4.39 Å². The van der Waals surface area contributed by atoms with Gasteiger partial charge in [-0.1, -0.05) is 0 Å². The molecule has 0 aromatic heterocycles. The van der Waals surface area contributed by atoms with E-state index < -0.39 is 0 Å². The minimum Gasteiger partial charge on any atom is -0.384 e. The summed E-state index contributed by atoms with van der Waals surface area (Å²) in [5.74, 6) is 0.282. The second-order valence-corrected chi connectivity index (χ2v) is 7.08. The Morgan fingerprint density at radius 1 is 1.43 bits per heavy atom. The topological polar surface area (TPSA) is 32.8 Å². The maximum atomic E-state index is 13.2. The number of carbonyl (C=O) groups excluding carboxylic acids is 1. The average Bonchev–Trinajstić information content (AvgIpc) is 2.46. The van der Waals surface area contributed by atoms with E-state index in [1.54, 1.807) is 20.1 Å². The van der Waals surface area contributed by atoms with Crippen LogP contribution in [-0.4, -0.2) is 61.6 Å². The van der Waals surface area contributed by atoms with E-state index in [9.17, 15) is 9.18 Å². The summed E-state index contributed by atoms with van der Waals surface area (Å²) < 4.78 is 18.5. The summed E-state index contributed by atoms with van der Waals surface area (Å²) in [6, 6.07) is 4.37. The molecule has 1 amide bonds. The molecule has 5 heteroatoms. The first-order chi connectivity index (χ1) is 10.9. The van der Waals surface area contributed by atoms with Crippen LogP contribution in [0.1, 0.15) is 28.8 Å². The van der Waals surface area contributed by atoms with Gasteiger partial charge in [0.05, 0.1) is 5.54 Å². The number of nitrogens with zero attached hydrogens (tertiary/aromatic N) is 2. The lowest BCUT2D eigenvalue weighted by Crippen LogP contribution is -2.72. The van der Waals surface area contributed by atoms with Gasteiger partial charge in [0.15, 0.2) is 0 Å². The SMILES string of the molecule is COC[C@H]1CCN(C)C2(C1)CN(C(=O)c1ccc(F)cc1C)C2. The first-order valence-electron chi connectivity index (χ1n) is 8.21. The molecule has 2 saturated heterocycles. The van der Waals surface area contributed by atoms with Crippen molar-refractivity contribution in [2.45, 2.75) is 25.3 Å². The molecule has 1 aromatic rings. The number of halogens is 1. The lowest BCUT2D eigenvalue weighted by molar-refractivity contribution is -0.0731. The summed E-state index contributed by atoms with van der Waals surface area (Å²) >= 11 is 0. The third-order valence-corrected chi connectivity index (χ3v) is 5.43. The Morgan fingerprint density at radius 3 is 2.83 bits per heavy atom. The van der Waals surface area contributed by atoms with Gasteiger partial charge in [0.1, 0.15) is 5.82 Å². The maximum Gasteiger partial charge on any atom is 0.254 e. The molecule has 2 fully saturated rings. The smallest absolute Gasteiger partial charge is 0.254 e. The van der Waals surface area contributed by atoms with Crippen molar-refractivity contribution in [3.8, 4) is 0 Å². The third-order valence-electron chi connectivity index (χ3n) is 5.43. The highest BCUT2D eigenvalue weighted by atomic mass is 19.1. The Bertz CT molecular complexity index is 599. The summed E-state index contributed by atoms with van der Waals surface area (Å²) in [6.07, 6.45) is 2.22. The summed E-state index contributed by atoms with van der Waals surface area (Å²) in [6.45, 7) is 5.12. The number of hydrogen-bond donors (Lipinski definition) is 0. The van der Waals surface area contributed by atoms with Crippen LogP contribution in [0.3, 0.4) is 0 Å². The van der Waals surface area contributed by atoms with Crippen molar-refractivity contribution in [3.63, 3.8) is 0 Å². The maximum absolute atomic E-state index is 13.2. The Labute approximate surface area is 137 Å². The molecule has 0 bridgehead atoms. The number of likely N-dealkylation sites (tertiary alicyclic amines) is 2. The number of benzene rings is 1. The Morgan fingerprint density at radius 2 is 2.17 bits per heavy atom. The van der Waals surface area contributed by atoms with Gasteiger partial charge in [-0.05, 0) is 63.0 Å². The predicted octanol–water partition coefficient (Wildman–Crippen LogP) is 2.32. The molecule has 2 aliphatic rings. The fourth-order valence-corrected chi connectivity index (χ4v) is 4.00. The molecule has 1 spiro atoms. The second-order valence-electron chi connectivity index (χ2n) is 7.08. The number of methoxy groups -OCH3 is 1. The van der Waals surface area contributed by atoms with Gasteiger partial charge in [-0.25, -0.2) is 4.39 Å². The van der Waals surface area contributed by atoms with E-state index in [0.29, 0.717) is 17.0 Å². The van der Waals surface area contributed by atoms with Crippen molar-refractivity contribution in [2.75, 3.05) is 40.4 Å². The highest BCUT2D eigenvalue weighted by Crippen LogP contribution is 2.39. The summed E-state index contributed by atoms with van der Waals surface area (Å²) in [5, 5.41) is 0. The van der Waals surface area contributed by atoms with Crippen molar-refractivity contribution < 1.29 is 13.9 Å². The highest BCUT2D eigenvalue weighted by Gasteiger charge is 2.51. The van der Waals surface area contributed by atoms with Crippen LogP contribution >= 0.6 is 0 Å². The van der Waals surface area contributed by atoms with E-state index in [1.165, 1.54) is 12.1 Å². The summed E-state index contributed by atoms with van der Waals surface area (Å²) in [4.78, 5) is 16.9. The van der Waals surface area contributed by atoms with Crippen LogP contribution in [0.2, 0.25) is 0 Å². The molecule has 2 heterocycles. The van der Waals surface area contributed by atoms with E-state index in [4.69, 9.17) is 4.74 Å². The van der Waals surface area contributed by atoms with Crippen molar-refractivity contribution in [1.29, 1.82) is 0 Å². The number of ether oxygens (including phenoxy) is 1. The van der Waals surface area contributed by atoms with Crippen LogP contribution in [-0.2, 0) is 4.74 Å². The summed E-state index contributed by atoms with van der Waals surface area (Å²) in [7, 11) is 3.90. The zero-order chi connectivity index (χ0) is 16.6. The van der Waals surface area contributed by atoms with Gasteiger partial charge in [-0.2, -0.15) is 0 Å². The number of aryl methyl sites for hydroxylation is 1. The highest BCUT2D eigenvalue weighted by molar-refractivity contribution is 5.96. The molecule has 4 nitrogen and oxygen atoms in total. The number of amides is 1. The molecule has 1 aromatic carbocycles. The van der Waals surface area contributed by atoms with Gasteiger partial charge < -0.3 is 9.64 Å². The van der Waals surface area contributed by atoms with Crippen LogP contribution in [0, 0.1) is 18.7 Å². The number of carbonyl (C=O) groups is 1. The van der Waals surface area contributed by atoms with Gasteiger partial charge >= 0.3 is 0 Å².